The Balaban J connectivity index is 3.68. The third-order valence-corrected chi connectivity index (χ3v) is 3.36. The molecule has 0 aromatic carbocycles. The van der Waals surface area contributed by atoms with E-state index in [0.29, 0.717) is 0 Å². The smallest absolute Gasteiger partial charge is 0.237 e. The number of nitrogens with two attached hydrogens (primary N) is 1. The highest BCUT2D eigenvalue weighted by molar-refractivity contribution is 7.99. The van der Waals surface area contributed by atoms with Gasteiger partial charge in [0.05, 0.1) is 5.54 Å². The molecule has 0 aliphatic rings. The highest BCUT2D eigenvalue weighted by atomic mass is 32.2. The minimum Gasteiger partial charge on any atom is -0.396 e. The van der Waals surface area contributed by atoms with E-state index in [2.05, 4.69) is 5.32 Å². The number of aliphatic hydroxyl groups is 1. The molecule has 0 aromatic rings. The Morgan fingerprint density at radius 1 is 1.57 bits per heavy atom. The second-order valence-electron chi connectivity index (χ2n) is 3.39. The number of carbonyl (C=O) groups is 1. The van der Waals surface area contributed by atoms with Crippen molar-refractivity contribution in [3.05, 3.63) is 0 Å². The lowest BCUT2D eigenvalue weighted by Gasteiger charge is -2.24. The van der Waals surface area contributed by atoms with Gasteiger partial charge in [0.15, 0.2) is 0 Å². The predicted molar refractivity (Wildman–Crippen MR) is 60.3 cm³/mol. The Hall–Kier alpha value is -0.260. The van der Waals surface area contributed by atoms with Crippen molar-refractivity contribution in [2.24, 2.45) is 5.73 Å². The maximum atomic E-state index is 11.1. The van der Waals surface area contributed by atoms with Crippen molar-refractivity contribution in [2.75, 3.05) is 25.2 Å². The Labute approximate surface area is 89.6 Å². The predicted octanol–water partition coefficient (Wildman–Crippen LogP) is -0.0445. The molecule has 0 bridgehead atoms. The fourth-order valence-electron chi connectivity index (χ4n) is 0.916. The van der Waals surface area contributed by atoms with Crippen LogP contribution in [0.3, 0.4) is 0 Å². The molecule has 0 fully saturated rings. The number of aliphatic hydroxyl groups excluding tert-OH is 1. The van der Waals surface area contributed by atoms with Crippen LogP contribution in [0.4, 0.5) is 0 Å². The van der Waals surface area contributed by atoms with Gasteiger partial charge in [-0.05, 0) is 38.3 Å². The van der Waals surface area contributed by atoms with Gasteiger partial charge in [0.2, 0.25) is 5.91 Å². The number of hydrogen-bond acceptors (Lipinski definition) is 4. The summed E-state index contributed by atoms with van der Waals surface area (Å²) in [6, 6.07) is 0. The summed E-state index contributed by atoms with van der Waals surface area (Å²) in [6.07, 6.45) is 1.52. The molecular weight excluding hydrogens is 200 g/mol. The molecule has 0 rings (SSSR count). The maximum absolute atomic E-state index is 11.1. The van der Waals surface area contributed by atoms with Crippen molar-refractivity contribution in [1.82, 2.24) is 5.32 Å². The minimum atomic E-state index is -0.605. The van der Waals surface area contributed by atoms with Crippen LogP contribution in [0.1, 0.15) is 19.8 Å². The van der Waals surface area contributed by atoms with E-state index >= 15 is 0 Å². The van der Waals surface area contributed by atoms with Gasteiger partial charge in [-0.1, -0.05) is 0 Å². The van der Waals surface area contributed by atoms with Gasteiger partial charge in [0.1, 0.15) is 0 Å². The van der Waals surface area contributed by atoms with Gasteiger partial charge in [-0.25, -0.2) is 0 Å². The lowest BCUT2D eigenvalue weighted by atomic mass is 9.99. The lowest BCUT2D eigenvalue weighted by Crippen LogP contribution is -2.51. The molecule has 0 heterocycles. The van der Waals surface area contributed by atoms with Crippen LogP contribution >= 0.6 is 11.8 Å². The van der Waals surface area contributed by atoms with Crippen LogP contribution in [-0.4, -0.2) is 41.7 Å². The molecule has 0 radical (unpaired) electrons. The first-order valence-corrected chi connectivity index (χ1v) is 5.89. The van der Waals surface area contributed by atoms with E-state index in [4.69, 9.17) is 10.8 Å². The Bertz CT molecular complexity index is 178. The van der Waals surface area contributed by atoms with Gasteiger partial charge in [-0.2, -0.15) is 11.8 Å². The Morgan fingerprint density at radius 2 is 2.21 bits per heavy atom. The first-order chi connectivity index (χ1) is 6.56. The van der Waals surface area contributed by atoms with Crippen LogP contribution in [0.5, 0.6) is 0 Å². The molecule has 4 nitrogen and oxygen atoms in total. The second kappa shape index (κ2) is 7.09. The summed E-state index contributed by atoms with van der Waals surface area (Å²) in [4.78, 5) is 11.1. The number of thioether (sulfide) groups is 1. The van der Waals surface area contributed by atoms with E-state index in [1.165, 1.54) is 0 Å². The largest absolute Gasteiger partial charge is 0.396 e. The average Bonchev–Trinajstić information content (AvgIpc) is 2.17. The quantitative estimate of drug-likeness (QED) is 0.502. The van der Waals surface area contributed by atoms with Crippen LogP contribution in [0.2, 0.25) is 0 Å². The Morgan fingerprint density at radius 3 is 2.64 bits per heavy atom. The summed E-state index contributed by atoms with van der Waals surface area (Å²) in [6.45, 7) is 2.04. The summed E-state index contributed by atoms with van der Waals surface area (Å²) < 4.78 is 0. The maximum Gasteiger partial charge on any atom is 0.237 e. The van der Waals surface area contributed by atoms with E-state index in [1.807, 2.05) is 6.92 Å². The molecule has 5 heteroatoms. The van der Waals surface area contributed by atoms with Crippen molar-refractivity contribution in [2.45, 2.75) is 25.3 Å². The van der Waals surface area contributed by atoms with Crippen molar-refractivity contribution < 1.29 is 9.90 Å². The molecule has 0 aromatic heterocycles. The van der Waals surface area contributed by atoms with E-state index in [9.17, 15) is 4.79 Å². The minimum absolute atomic E-state index is 0.228. The normalized spacial score (nSPS) is 15.1. The molecule has 14 heavy (non-hydrogen) atoms. The van der Waals surface area contributed by atoms with Gasteiger partial charge >= 0.3 is 0 Å². The topological polar surface area (TPSA) is 75.3 Å². The SMILES string of the molecule is CNC(C)(CCSCCCO)C(N)=O. The van der Waals surface area contributed by atoms with Crippen LogP contribution in [0.25, 0.3) is 0 Å². The van der Waals surface area contributed by atoms with E-state index in [0.717, 1.165) is 24.3 Å². The number of nitrogens with one attached hydrogen (secondary N) is 1. The standard InChI is InChI=1S/C9H20N2O2S/c1-9(11-2,8(10)13)4-7-14-6-3-5-12/h11-12H,3-7H2,1-2H3,(H2,10,13). The van der Waals surface area contributed by atoms with Gasteiger partial charge < -0.3 is 16.2 Å². The summed E-state index contributed by atoms with van der Waals surface area (Å²) >= 11 is 1.73. The summed E-state index contributed by atoms with van der Waals surface area (Å²) in [5.74, 6) is 1.48. The molecule has 0 saturated heterocycles. The number of hydrogen-bond donors (Lipinski definition) is 3. The third-order valence-electron chi connectivity index (χ3n) is 2.29. The molecule has 1 unspecified atom stereocenters. The zero-order chi connectivity index (χ0) is 11.0. The van der Waals surface area contributed by atoms with Gasteiger partial charge in [0.25, 0.3) is 0 Å². The van der Waals surface area contributed by atoms with E-state index < -0.39 is 5.54 Å². The average molecular weight is 220 g/mol. The van der Waals surface area contributed by atoms with Gasteiger partial charge in [0, 0.05) is 6.61 Å². The fourth-order valence-corrected chi connectivity index (χ4v) is 2.01. The van der Waals surface area contributed by atoms with E-state index in [-0.39, 0.29) is 12.5 Å². The van der Waals surface area contributed by atoms with Crippen molar-refractivity contribution in [1.29, 1.82) is 0 Å². The number of likely N-dealkylation sites (N-methyl/N-ethyl adjacent to an activating group) is 1. The van der Waals surface area contributed by atoms with Crippen molar-refractivity contribution >= 4 is 17.7 Å². The molecule has 0 aliphatic carbocycles. The lowest BCUT2D eigenvalue weighted by molar-refractivity contribution is -0.123. The van der Waals surface area contributed by atoms with Gasteiger partial charge in [-0.15, -0.1) is 0 Å². The van der Waals surface area contributed by atoms with Crippen molar-refractivity contribution in [3.8, 4) is 0 Å². The number of rotatable bonds is 8. The molecule has 4 N–H and O–H groups in total. The molecule has 0 spiro atoms. The van der Waals surface area contributed by atoms with Crippen LogP contribution < -0.4 is 11.1 Å². The second-order valence-corrected chi connectivity index (χ2v) is 4.61. The zero-order valence-corrected chi connectivity index (χ0v) is 9.69. The molecular formula is C9H20N2O2S. The molecule has 1 atom stereocenters. The summed E-state index contributed by atoms with van der Waals surface area (Å²) in [5, 5.41) is 11.5. The number of primary amides is 1. The Kier molecular flexibility index (Phi) is 6.96. The fraction of sp³-hybridized carbons (Fsp3) is 0.889. The van der Waals surface area contributed by atoms with E-state index in [1.54, 1.807) is 18.8 Å². The highest BCUT2D eigenvalue weighted by Crippen LogP contribution is 2.13. The highest BCUT2D eigenvalue weighted by Gasteiger charge is 2.27. The van der Waals surface area contributed by atoms with Crippen LogP contribution in [0.15, 0.2) is 0 Å². The number of carbonyl (C=O) groups excluding carboxylic acids is 1. The molecule has 0 saturated carbocycles. The zero-order valence-electron chi connectivity index (χ0n) is 8.88. The van der Waals surface area contributed by atoms with Crippen LogP contribution in [0, 0.1) is 0 Å². The first kappa shape index (κ1) is 13.7. The summed E-state index contributed by atoms with van der Waals surface area (Å²) in [7, 11) is 1.74. The first-order valence-electron chi connectivity index (χ1n) is 4.74. The van der Waals surface area contributed by atoms with Crippen molar-refractivity contribution in [3.63, 3.8) is 0 Å². The monoisotopic (exact) mass is 220 g/mol. The number of amides is 1. The molecule has 0 aliphatic heterocycles. The molecule has 84 valence electrons. The summed E-state index contributed by atoms with van der Waals surface area (Å²) in [5.41, 5.74) is 4.67. The van der Waals surface area contributed by atoms with Gasteiger partial charge in [-0.3, -0.25) is 4.79 Å². The van der Waals surface area contributed by atoms with Crippen LogP contribution in [-0.2, 0) is 4.79 Å². The third kappa shape index (κ3) is 4.83. The molecule has 1 amide bonds.